The summed E-state index contributed by atoms with van der Waals surface area (Å²) in [5.41, 5.74) is 3.16. The van der Waals surface area contributed by atoms with Gasteiger partial charge in [-0.2, -0.15) is 5.10 Å². The molecule has 2 rings (SSSR count). The standard InChI is InChI=1S/C18H26N2O2S/c1-13(2)17-12-18(14(3)4)20(19-17)10-11-23(21,22)16-8-6-15(5)7-9-16/h6-9,12-14H,10-11H2,1-5H3. The van der Waals surface area contributed by atoms with E-state index in [0.29, 0.717) is 23.3 Å². The molecule has 4 nitrogen and oxygen atoms in total. The lowest BCUT2D eigenvalue weighted by Gasteiger charge is -2.10. The van der Waals surface area contributed by atoms with Crippen molar-refractivity contribution in [3.63, 3.8) is 0 Å². The summed E-state index contributed by atoms with van der Waals surface area (Å²) in [5, 5.41) is 4.59. The van der Waals surface area contributed by atoms with E-state index in [0.717, 1.165) is 17.0 Å². The molecule has 0 fully saturated rings. The summed E-state index contributed by atoms with van der Waals surface area (Å²) in [6.07, 6.45) is 0. The van der Waals surface area contributed by atoms with E-state index in [-0.39, 0.29) is 5.75 Å². The number of hydrogen-bond acceptors (Lipinski definition) is 3. The number of aromatic nitrogens is 2. The van der Waals surface area contributed by atoms with E-state index in [1.165, 1.54) is 0 Å². The highest BCUT2D eigenvalue weighted by Gasteiger charge is 2.18. The van der Waals surface area contributed by atoms with Crippen molar-refractivity contribution in [2.24, 2.45) is 0 Å². The van der Waals surface area contributed by atoms with E-state index >= 15 is 0 Å². The van der Waals surface area contributed by atoms with Crippen LogP contribution in [0.2, 0.25) is 0 Å². The molecule has 0 spiro atoms. The Bertz CT molecular complexity index is 757. The smallest absolute Gasteiger partial charge is 0.180 e. The first kappa shape index (κ1) is 17.7. The summed E-state index contributed by atoms with van der Waals surface area (Å²) in [7, 11) is -3.29. The minimum absolute atomic E-state index is 0.0645. The van der Waals surface area contributed by atoms with Crippen LogP contribution in [-0.2, 0) is 16.4 Å². The van der Waals surface area contributed by atoms with Crippen LogP contribution < -0.4 is 0 Å². The molecular weight excluding hydrogens is 308 g/mol. The molecule has 1 heterocycles. The van der Waals surface area contributed by atoms with Gasteiger partial charge < -0.3 is 0 Å². The van der Waals surface area contributed by atoms with Crippen LogP contribution in [0.15, 0.2) is 35.2 Å². The average Bonchev–Trinajstić information content (AvgIpc) is 2.90. The van der Waals surface area contributed by atoms with E-state index in [1.807, 2.05) is 23.7 Å². The maximum absolute atomic E-state index is 12.5. The lowest BCUT2D eigenvalue weighted by molar-refractivity contribution is 0.561. The van der Waals surface area contributed by atoms with Crippen molar-refractivity contribution >= 4 is 9.84 Å². The number of benzene rings is 1. The van der Waals surface area contributed by atoms with E-state index < -0.39 is 9.84 Å². The van der Waals surface area contributed by atoms with Crippen molar-refractivity contribution in [1.82, 2.24) is 9.78 Å². The van der Waals surface area contributed by atoms with Crippen molar-refractivity contribution in [1.29, 1.82) is 0 Å². The first-order chi connectivity index (χ1) is 10.7. The molecule has 0 N–H and O–H groups in total. The van der Waals surface area contributed by atoms with Crippen LogP contribution >= 0.6 is 0 Å². The average molecular weight is 334 g/mol. The van der Waals surface area contributed by atoms with Gasteiger partial charge in [-0.05, 0) is 37.0 Å². The van der Waals surface area contributed by atoms with Gasteiger partial charge in [-0.1, -0.05) is 45.4 Å². The van der Waals surface area contributed by atoms with Gasteiger partial charge in [0.25, 0.3) is 0 Å². The Balaban J connectivity index is 2.21. The Labute approximate surface area is 139 Å². The minimum atomic E-state index is -3.29. The normalized spacial score (nSPS) is 12.3. The van der Waals surface area contributed by atoms with Crippen molar-refractivity contribution in [3.05, 3.63) is 47.3 Å². The Kier molecular flexibility index (Phi) is 5.30. The fourth-order valence-corrected chi connectivity index (χ4v) is 3.65. The molecule has 5 heteroatoms. The van der Waals surface area contributed by atoms with Gasteiger partial charge >= 0.3 is 0 Å². The highest BCUT2D eigenvalue weighted by Crippen LogP contribution is 2.21. The van der Waals surface area contributed by atoms with Crippen LogP contribution in [0, 0.1) is 6.92 Å². The third kappa shape index (κ3) is 4.22. The fraction of sp³-hybridized carbons (Fsp3) is 0.500. The van der Waals surface area contributed by atoms with Gasteiger partial charge in [0.1, 0.15) is 0 Å². The van der Waals surface area contributed by atoms with Gasteiger partial charge in [-0.25, -0.2) is 8.42 Å². The molecular formula is C18H26N2O2S. The van der Waals surface area contributed by atoms with Crippen molar-refractivity contribution in [2.75, 3.05) is 5.75 Å². The summed E-state index contributed by atoms with van der Waals surface area (Å²) < 4.78 is 26.8. The SMILES string of the molecule is Cc1ccc(S(=O)(=O)CCn2nc(C(C)C)cc2C(C)C)cc1. The van der Waals surface area contributed by atoms with Crippen molar-refractivity contribution < 1.29 is 8.42 Å². The molecule has 0 saturated heterocycles. The molecule has 23 heavy (non-hydrogen) atoms. The molecule has 0 aliphatic heterocycles. The molecule has 0 unspecified atom stereocenters. The summed E-state index contributed by atoms with van der Waals surface area (Å²) in [5.74, 6) is 0.717. The summed E-state index contributed by atoms with van der Waals surface area (Å²) in [6, 6.07) is 9.11. The van der Waals surface area contributed by atoms with Crippen molar-refractivity contribution in [2.45, 2.75) is 57.9 Å². The van der Waals surface area contributed by atoms with Crippen LogP contribution in [0.5, 0.6) is 0 Å². The predicted molar refractivity (Wildman–Crippen MR) is 93.6 cm³/mol. The summed E-state index contributed by atoms with van der Waals surface area (Å²) in [6.45, 7) is 10.7. The number of sulfone groups is 1. The monoisotopic (exact) mass is 334 g/mol. The molecule has 0 aliphatic rings. The predicted octanol–water partition coefficient (Wildman–Crippen LogP) is 3.91. The van der Waals surface area contributed by atoms with Crippen LogP contribution in [0.4, 0.5) is 0 Å². The molecule has 0 bridgehead atoms. The van der Waals surface area contributed by atoms with Gasteiger partial charge in [0.15, 0.2) is 9.84 Å². The lowest BCUT2D eigenvalue weighted by atomic mass is 10.1. The molecule has 0 radical (unpaired) electrons. The summed E-state index contributed by atoms with van der Waals surface area (Å²) in [4.78, 5) is 0.380. The third-order valence-electron chi connectivity index (χ3n) is 3.96. The maximum Gasteiger partial charge on any atom is 0.180 e. The lowest BCUT2D eigenvalue weighted by Crippen LogP contribution is -2.16. The molecule has 0 amide bonds. The van der Waals surface area contributed by atoms with Crippen LogP contribution in [0.25, 0.3) is 0 Å². The Morgan fingerprint density at radius 2 is 1.65 bits per heavy atom. The number of aryl methyl sites for hydroxylation is 2. The Morgan fingerprint density at radius 1 is 1.04 bits per heavy atom. The Hall–Kier alpha value is -1.62. The van der Waals surface area contributed by atoms with Gasteiger partial charge in [-0.3, -0.25) is 4.68 Å². The third-order valence-corrected chi connectivity index (χ3v) is 5.68. The van der Waals surface area contributed by atoms with Crippen LogP contribution in [-0.4, -0.2) is 24.0 Å². The molecule has 0 aliphatic carbocycles. The van der Waals surface area contributed by atoms with Gasteiger partial charge in [-0.15, -0.1) is 0 Å². The second-order valence-corrected chi connectivity index (χ2v) is 8.77. The molecule has 0 saturated carbocycles. The first-order valence-corrected chi connectivity index (χ1v) is 9.73. The molecule has 2 aromatic rings. The summed E-state index contributed by atoms with van der Waals surface area (Å²) >= 11 is 0. The van der Waals surface area contributed by atoms with Gasteiger partial charge in [0.05, 0.1) is 22.9 Å². The minimum Gasteiger partial charge on any atom is -0.268 e. The second-order valence-electron chi connectivity index (χ2n) is 6.66. The van der Waals surface area contributed by atoms with Gasteiger partial charge in [0, 0.05) is 5.69 Å². The zero-order valence-electron chi connectivity index (χ0n) is 14.6. The first-order valence-electron chi connectivity index (χ1n) is 8.08. The van der Waals surface area contributed by atoms with Crippen LogP contribution in [0.3, 0.4) is 0 Å². The van der Waals surface area contributed by atoms with Crippen molar-refractivity contribution in [3.8, 4) is 0 Å². The second kappa shape index (κ2) is 6.87. The zero-order chi connectivity index (χ0) is 17.2. The fourth-order valence-electron chi connectivity index (χ4n) is 2.45. The quantitative estimate of drug-likeness (QED) is 0.805. The topological polar surface area (TPSA) is 52.0 Å². The van der Waals surface area contributed by atoms with E-state index in [4.69, 9.17) is 0 Å². The highest BCUT2D eigenvalue weighted by molar-refractivity contribution is 7.91. The number of nitrogens with zero attached hydrogens (tertiary/aromatic N) is 2. The number of hydrogen-bond donors (Lipinski definition) is 0. The molecule has 1 aromatic carbocycles. The highest BCUT2D eigenvalue weighted by atomic mass is 32.2. The molecule has 0 atom stereocenters. The molecule has 126 valence electrons. The molecule has 1 aromatic heterocycles. The zero-order valence-corrected chi connectivity index (χ0v) is 15.4. The maximum atomic E-state index is 12.5. The number of rotatable bonds is 6. The van der Waals surface area contributed by atoms with Gasteiger partial charge in [0.2, 0.25) is 0 Å². The largest absolute Gasteiger partial charge is 0.268 e. The Morgan fingerprint density at radius 3 is 2.17 bits per heavy atom. The van der Waals surface area contributed by atoms with E-state index in [2.05, 4.69) is 38.9 Å². The van der Waals surface area contributed by atoms with Crippen LogP contribution in [0.1, 0.15) is 56.5 Å². The van der Waals surface area contributed by atoms with E-state index in [1.54, 1.807) is 12.1 Å². The van der Waals surface area contributed by atoms with E-state index in [9.17, 15) is 8.42 Å².